The van der Waals surface area contributed by atoms with E-state index in [1.807, 2.05) is 18.7 Å². The minimum absolute atomic E-state index is 0.0321. The molecule has 1 aromatic carbocycles. The zero-order valence-electron chi connectivity index (χ0n) is 15.2. The second kappa shape index (κ2) is 8.62. The fraction of sp³-hybridized carbons (Fsp3) is 0.611. The SMILES string of the molecule is COc1cc(CCC(=O)N2C[C@@H](C)N[C@@H](C)C2)ccc1OCC(F)(F)F. The molecule has 0 bridgehead atoms. The zero-order chi connectivity index (χ0) is 19.3. The van der Waals surface area contributed by atoms with Gasteiger partial charge in [-0.3, -0.25) is 4.79 Å². The maximum absolute atomic E-state index is 12.4. The molecular formula is C18H25F3N2O3. The monoisotopic (exact) mass is 374 g/mol. The van der Waals surface area contributed by atoms with Crippen molar-refractivity contribution in [2.45, 2.75) is 44.9 Å². The van der Waals surface area contributed by atoms with Gasteiger partial charge in [0, 0.05) is 31.6 Å². The van der Waals surface area contributed by atoms with Gasteiger partial charge >= 0.3 is 6.18 Å². The van der Waals surface area contributed by atoms with Gasteiger partial charge in [0.05, 0.1) is 7.11 Å². The van der Waals surface area contributed by atoms with Gasteiger partial charge in [0.25, 0.3) is 0 Å². The summed E-state index contributed by atoms with van der Waals surface area (Å²) in [4.78, 5) is 14.3. The van der Waals surface area contributed by atoms with Crippen molar-refractivity contribution in [2.75, 3.05) is 26.8 Å². The Kier molecular flexibility index (Phi) is 6.75. The smallest absolute Gasteiger partial charge is 0.422 e. The second-order valence-corrected chi connectivity index (χ2v) is 6.66. The predicted octanol–water partition coefficient (Wildman–Crippen LogP) is 2.78. The van der Waals surface area contributed by atoms with Gasteiger partial charge in [0.15, 0.2) is 18.1 Å². The maximum atomic E-state index is 12.4. The fourth-order valence-electron chi connectivity index (χ4n) is 3.09. The number of methoxy groups -OCH3 is 1. The van der Waals surface area contributed by atoms with Gasteiger partial charge in [-0.25, -0.2) is 0 Å². The average molecular weight is 374 g/mol. The molecule has 8 heteroatoms. The van der Waals surface area contributed by atoms with Crippen molar-refractivity contribution in [3.63, 3.8) is 0 Å². The number of piperazine rings is 1. The molecule has 0 aliphatic carbocycles. The van der Waals surface area contributed by atoms with E-state index in [0.717, 1.165) is 5.56 Å². The van der Waals surface area contributed by atoms with Gasteiger partial charge in [-0.2, -0.15) is 13.2 Å². The lowest BCUT2D eigenvalue weighted by atomic mass is 10.1. The molecule has 2 rings (SSSR count). The summed E-state index contributed by atoms with van der Waals surface area (Å²) in [6, 6.07) is 5.23. The molecule has 0 aromatic heterocycles. The summed E-state index contributed by atoms with van der Waals surface area (Å²) in [5.74, 6) is 0.329. The van der Waals surface area contributed by atoms with Crippen LogP contribution in [0.4, 0.5) is 13.2 Å². The third-order valence-electron chi connectivity index (χ3n) is 4.16. The number of halogens is 3. The summed E-state index contributed by atoms with van der Waals surface area (Å²) in [5.41, 5.74) is 0.811. The fourth-order valence-corrected chi connectivity index (χ4v) is 3.09. The number of benzene rings is 1. The number of ether oxygens (including phenoxy) is 2. The second-order valence-electron chi connectivity index (χ2n) is 6.66. The molecule has 1 aliphatic heterocycles. The first-order valence-corrected chi connectivity index (χ1v) is 8.58. The van der Waals surface area contributed by atoms with Crippen LogP contribution in [0.3, 0.4) is 0 Å². The number of nitrogens with zero attached hydrogens (tertiary/aromatic N) is 1. The molecular weight excluding hydrogens is 349 g/mol. The minimum atomic E-state index is -4.41. The Morgan fingerprint density at radius 1 is 1.23 bits per heavy atom. The molecule has 0 saturated carbocycles. The largest absolute Gasteiger partial charge is 0.493 e. The molecule has 146 valence electrons. The van der Waals surface area contributed by atoms with E-state index in [-0.39, 0.29) is 29.5 Å². The van der Waals surface area contributed by atoms with Crippen molar-refractivity contribution in [2.24, 2.45) is 0 Å². The number of amides is 1. The Bertz CT molecular complexity index is 612. The van der Waals surface area contributed by atoms with Crippen LogP contribution in [0, 0.1) is 0 Å². The van der Waals surface area contributed by atoms with Crippen molar-refractivity contribution in [1.29, 1.82) is 0 Å². The molecule has 0 spiro atoms. The molecule has 1 amide bonds. The summed E-state index contributed by atoms with van der Waals surface area (Å²) in [6.07, 6.45) is -3.58. The number of alkyl halides is 3. The highest BCUT2D eigenvalue weighted by Crippen LogP contribution is 2.30. The van der Waals surface area contributed by atoms with Crippen LogP contribution in [0.15, 0.2) is 18.2 Å². The molecule has 0 unspecified atom stereocenters. The number of carbonyl (C=O) groups is 1. The number of nitrogens with one attached hydrogen (secondary N) is 1. The summed E-state index contributed by atoms with van der Waals surface area (Å²) in [6.45, 7) is 4.06. The molecule has 1 heterocycles. The van der Waals surface area contributed by atoms with Gasteiger partial charge in [0.2, 0.25) is 5.91 Å². The lowest BCUT2D eigenvalue weighted by Gasteiger charge is -2.36. The Morgan fingerprint density at radius 3 is 2.46 bits per heavy atom. The van der Waals surface area contributed by atoms with E-state index in [2.05, 4.69) is 5.32 Å². The van der Waals surface area contributed by atoms with Crippen molar-refractivity contribution in [3.05, 3.63) is 23.8 Å². The average Bonchev–Trinajstić information content (AvgIpc) is 2.56. The van der Waals surface area contributed by atoms with Gasteiger partial charge in [-0.1, -0.05) is 6.07 Å². The molecule has 1 saturated heterocycles. The zero-order valence-corrected chi connectivity index (χ0v) is 15.2. The van der Waals surface area contributed by atoms with Crippen LogP contribution in [0.1, 0.15) is 25.8 Å². The first kappa shape index (κ1) is 20.4. The number of aryl methyl sites for hydroxylation is 1. The van der Waals surface area contributed by atoms with Crippen LogP contribution < -0.4 is 14.8 Å². The summed E-state index contributed by atoms with van der Waals surface area (Å²) < 4.78 is 46.7. The normalized spacial score (nSPS) is 20.8. The van der Waals surface area contributed by atoms with Crippen LogP contribution in [0.25, 0.3) is 0 Å². The van der Waals surface area contributed by atoms with E-state index >= 15 is 0 Å². The van der Waals surface area contributed by atoms with Crippen LogP contribution in [-0.4, -0.2) is 55.9 Å². The van der Waals surface area contributed by atoms with Crippen molar-refractivity contribution < 1.29 is 27.4 Å². The van der Waals surface area contributed by atoms with E-state index in [0.29, 0.717) is 25.9 Å². The number of hydrogen-bond acceptors (Lipinski definition) is 4. The number of carbonyl (C=O) groups excluding carboxylic acids is 1. The quantitative estimate of drug-likeness (QED) is 0.832. The number of hydrogen-bond donors (Lipinski definition) is 1. The molecule has 1 aliphatic rings. The molecule has 1 aromatic rings. The van der Waals surface area contributed by atoms with Crippen molar-refractivity contribution >= 4 is 5.91 Å². The van der Waals surface area contributed by atoms with Crippen LogP contribution >= 0.6 is 0 Å². The Balaban J connectivity index is 1.94. The van der Waals surface area contributed by atoms with E-state index in [4.69, 9.17) is 9.47 Å². The van der Waals surface area contributed by atoms with Crippen LogP contribution in [0.2, 0.25) is 0 Å². The number of rotatable bonds is 6. The molecule has 2 atom stereocenters. The Labute approximate surface area is 151 Å². The first-order valence-electron chi connectivity index (χ1n) is 8.58. The molecule has 1 fully saturated rings. The Morgan fingerprint density at radius 2 is 1.88 bits per heavy atom. The summed E-state index contributed by atoms with van der Waals surface area (Å²) in [7, 11) is 1.37. The van der Waals surface area contributed by atoms with E-state index in [1.54, 1.807) is 12.1 Å². The highest BCUT2D eigenvalue weighted by Gasteiger charge is 2.29. The van der Waals surface area contributed by atoms with Crippen LogP contribution in [-0.2, 0) is 11.2 Å². The van der Waals surface area contributed by atoms with Gasteiger partial charge in [-0.15, -0.1) is 0 Å². The minimum Gasteiger partial charge on any atom is -0.493 e. The van der Waals surface area contributed by atoms with Gasteiger partial charge in [0.1, 0.15) is 0 Å². The molecule has 26 heavy (non-hydrogen) atoms. The predicted molar refractivity (Wildman–Crippen MR) is 91.5 cm³/mol. The molecule has 5 nitrogen and oxygen atoms in total. The van der Waals surface area contributed by atoms with Gasteiger partial charge in [-0.05, 0) is 38.0 Å². The van der Waals surface area contributed by atoms with Crippen LogP contribution in [0.5, 0.6) is 11.5 Å². The maximum Gasteiger partial charge on any atom is 0.422 e. The first-order chi connectivity index (χ1) is 12.2. The Hall–Kier alpha value is -1.96. The molecule has 1 N–H and O–H groups in total. The highest BCUT2D eigenvalue weighted by molar-refractivity contribution is 5.76. The van der Waals surface area contributed by atoms with E-state index < -0.39 is 12.8 Å². The summed E-state index contributed by atoms with van der Waals surface area (Å²) >= 11 is 0. The van der Waals surface area contributed by atoms with E-state index in [9.17, 15) is 18.0 Å². The standard InChI is InChI=1S/C18H25F3N2O3/c1-12-9-23(10-13(2)22-12)17(24)7-5-14-4-6-15(16(8-14)25-3)26-11-18(19,20)21/h4,6,8,12-13,22H,5,7,9-11H2,1-3H3/t12-,13+. The summed E-state index contributed by atoms with van der Waals surface area (Å²) in [5, 5.41) is 3.38. The van der Waals surface area contributed by atoms with E-state index in [1.165, 1.54) is 13.2 Å². The lowest BCUT2D eigenvalue weighted by Crippen LogP contribution is -2.55. The topological polar surface area (TPSA) is 50.8 Å². The lowest BCUT2D eigenvalue weighted by molar-refractivity contribution is -0.153. The third-order valence-corrected chi connectivity index (χ3v) is 4.16. The van der Waals surface area contributed by atoms with Crippen molar-refractivity contribution in [3.8, 4) is 11.5 Å². The highest BCUT2D eigenvalue weighted by atomic mass is 19.4. The van der Waals surface area contributed by atoms with Crippen molar-refractivity contribution in [1.82, 2.24) is 10.2 Å². The van der Waals surface area contributed by atoms with Gasteiger partial charge < -0.3 is 19.7 Å². The molecule has 0 radical (unpaired) electrons. The third kappa shape index (κ3) is 6.09.